The second-order valence-electron chi connectivity index (χ2n) is 6.77. The quantitative estimate of drug-likeness (QED) is 0.840. The molecule has 1 aliphatic carbocycles. The second-order valence-corrected chi connectivity index (χ2v) is 6.77. The van der Waals surface area contributed by atoms with Gasteiger partial charge in [-0.25, -0.2) is 4.79 Å². The Hall–Kier alpha value is -0.810. The molecule has 0 aromatic rings. The zero-order valence-electron chi connectivity index (χ0n) is 13.0. The molecule has 1 amide bonds. The van der Waals surface area contributed by atoms with E-state index in [4.69, 9.17) is 9.47 Å². The molecule has 0 aromatic carbocycles. The predicted molar refractivity (Wildman–Crippen MR) is 77.8 cm³/mol. The average Bonchev–Trinajstić information content (AvgIpc) is 3.18. The van der Waals surface area contributed by atoms with Gasteiger partial charge in [-0.05, 0) is 46.5 Å². The summed E-state index contributed by atoms with van der Waals surface area (Å²) in [5, 5.41) is 3.48. The molecular formula is C15H28N2O3. The number of carbonyl (C=O) groups excluding carboxylic acids is 1. The van der Waals surface area contributed by atoms with Crippen molar-refractivity contribution in [3.8, 4) is 0 Å². The van der Waals surface area contributed by atoms with Gasteiger partial charge in [0.2, 0.25) is 0 Å². The van der Waals surface area contributed by atoms with E-state index >= 15 is 0 Å². The van der Waals surface area contributed by atoms with E-state index in [1.807, 2.05) is 25.7 Å². The minimum Gasteiger partial charge on any atom is -0.444 e. The highest BCUT2D eigenvalue weighted by atomic mass is 16.6. The van der Waals surface area contributed by atoms with Gasteiger partial charge in [-0.2, -0.15) is 0 Å². The lowest BCUT2D eigenvalue weighted by Gasteiger charge is -2.29. The zero-order chi connectivity index (χ0) is 14.6. The smallest absolute Gasteiger partial charge is 0.410 e. The highest BCUT2D eigenvalue weighted by Crippen LogP contribution is 2.28. The van der Waals surface area contributed by atoms with Crippen molar-refractivity contribution in [2.24, 2.45) is 0 Å². The fourth-order valence-corrected chi connectivity index (χ4v) is 2.42. The van der Waals surface area contributed by atoms with Crippen LogP contribution >= 0.6 is 0 Å². The van der Waals surface area contributed by atoms with Gasteiger partial charge in [0.15, 0.2) is 0 Å². The normalized spacial score (nSPS) is 23.4. The van der Waals surface area contributed by atoms with Crippen LogP contribution in [0.4, 0.5) is 4.79 Å². The minimum atomic E-state index is -0.422. The van der Waals surface area contributed by atoms with Crippen molar-refractivity contribution in [2.45, 2.75) is 64.1 Å². The van der Waals surface area contributed by atoms with Crippen molar-refractivity contribution in [1.82, 2.24) is 10.2 Å². The molecule has 1 unspecified atom stereocenters. The molecule has 0 radical (unpaired) electrons. The molecule has 0 spiro atoms. The van der Waals surface area contributed by atoms with Crippen molar-refractivity contribution in [3.05, 3.63) is 0 Å². The molecule has 2 aliphatic rings. The van der Waals surface area contributed by atoms with Crippen LogP contribution in [0, 0.1) is 0 Å². The number of carbonyl (C=O) groups is 1. The lowest BCUT2D eigenvalue weighted by Crippen LogP contribution is -2.45. The van der Waals surface area contributed by atoms with Gasteiger partial charge in [-0.1, -0.05) is 0 Å². The van der Waals surface area contributed by atoms with E-state index in [0.29, 0.717) is 12.1 Å². The molecule has 1 saturated heterocycles. The largest absolute Gasteiger partial charge is 0.444 e. The predicted octanol–water partition coefficient (Wildman–Crippen LogP) is 2.15. The van der Waals surface area contributed by atoms with Gasteiger partial charge in [0.25, 0.3) is 0 Å². The second kappa shape index (κ2) is 6.76. The third-order valence-corrected chi connectivity index (χ3v) is 3.56. The Morgan fingerprint density at radius 1 is 1.35 bits per heavy atom. The molecule has 1 heterocycles. The van der Waals surface area contributed by atoms with Crippen LogP contribution in [0.1, 0.15) is 46.5 Å². The highest BCUT2D eigenvalue weighted by Gasteiger charge is 2.34. The van der Waals surface area contributed by atoms with Crippen molar-refractivity contribution in [2.75, 3.05) is 26.3 Å². The minimum absolute atomic E-state index is 0.179. The molecular weight excluding hydrogens is 256 g/mol. The lowest BCUT2D eigenvalue weighted by molar-refractivity contribution is 0.0227. The van der Waals surface area contributed by atoms with Gasteiger partial charge in [0.1, 0.15) is 5.60 Å². The number of rotatable bonds is 5. The number of ether oxygens (including phenoxy) is 2. The van der Waals surface area contributed by atoms with Crippen LogP contribution in [0.25, 0.3) is 0 Å². The molecule has 5 heteroatoms. The summed E-state index contributed by atoms with van der Waals surface area (Å²) in [5.41, 5.74) is -0.422. The van der Waals surface area contributed by atoms with Crippen LogP contribution in [0.2, 0.25) is 0 Å². The van der Waals surface area contributed by atoms with E-state index in [-0.39, 0.29) is 6.09 Å². The van der Waals surface area contributed by atoms with Gasteiger partial charge < -0.3 is 19.7 Å². The molecule has 1 aliphatic heterocycles. The number of amides is 1. The molecule has 2 rings (SSSR count). The Morgan fingerprint density at radius 2 is 2.10 bits per heavy atom. The lowest BCUT2D eigenvalue weighted by atomic mass is 10.1. The first-order chi connectivity index (χ1) is 9.46. The van der Waals surface area contributed by atoms with Crippen LogP contribution in [-0.4, -0.2) is 55.0 Å². The molecule has 2 fully saturated rings. The first-order valence-corrected chi connectivity index (χ1v) is 7.76. The molecule has 1 saturated carbocycles. The Balaban J connectivity index is 1.73. The molecule has 116 valence electrons. The fourth-order valence-electron chi connectivity index (χ4n) is 2.42. The Kier molecular flexibility index (Phi) is 5.27. The van der Waals surface area contributed by atoms with E-state index in [9.17, 15) is 4.79 Å². The van der Waals surface area contributed by atoms with Crippen LogP contribution in [0.5, 0.6) is 0 Å². The number of hydrogen-bond donors (Lipinski definition) is 1. The van der Waals surface area contributed by atoms with E-state index in [1.165, 1.54) is 0 Å². The van der Waals surface area contributed by atoms with Crippen LogP contribution < -0.4 is 5.32 Å². The maximum Gasteiger partial charge on any atom is 0.410 e. The fraction of sp³-hybridized carbons (Fsp3) is 0.933. The first-order valence-electron chi connectivity index (χ1n) is 7.76. The summed E-state index contributed by atoms with van der Waals surface area (Å²) in [6, 6.07) is 0.817. The summed E-state index contributed by atoms with van der Waals surface area (Å²) in [4.78, 5) is 14.1. The molecule has 0 aromatic heterocycles. The summed E-state index contributed by atoms with van der Waals surface area (Å²) < 4.78 is 10.9. The summed E-state index contributed by atoms with van der Waals surface area (Å²) in [5.74, 6) is 0. The van der Waals surface area contributed by atoms with E-state index in [0.717, 1.165) is 52.0 Å². The summed E-state index contributed by atoms with van der Waals surface area (Å²) >= 11 is 0. The topological polar surface area (TPSA) is 50.8 Å². The van der Waals surface area contributed by atoms with Gasteiger partial charge in [0.05, 0.1) is 6.61 Å². The zero-order valence-corrected chi connectivity index (χ0v) is 13.0. The Labute approximate surface area is 122 Å². The SMILES string of the molecule is CC(C)(C)OC(=O)N(CCNC1CCCOC1)C1CC1. The Morgan fingerprint density at radius 3 is 2.65 bits per heavy atom. The van der Waals surface area contributed by atoms with Crippen LogP contribution in [-0.2, 0) is 9.47 Å². The number of nitrogens with zero attached hydrogens (tertiary/aromatic N) is 1. The number of hydrogen-bond acceptors (Lipinski definition) is 4. The molecule has 1 atom stereocenters. The summed E-state index contributed by atoms with van der Waals surface area (Å²) in [6.45, 7) is 8.93. The molecule has 1 N–H and O–H groups in total. The van der Waals surface area contributed by atoms with Gasteiger partial charge >= 0.3 is 6.09 Å². The maximum atomic E-state index is 12.2. The van der Waals surface area contributed by atoms with E-state index in [1.54, 1.807) is 0 Å². The van der Waals surface area contributed by atoms with Crippen molar-refractivity contribution in [1.29, 1.82) is 0 Å². The monoisotopic (exact) mass is 284 g/mol. The molecule has 5 nitrogen and oxygen atoms in total. The van der Waals surface area contributed by atoms with Crippen LogP contribution in [0.15, 0.2) is 0 Å². The first kappa shape index (κ1) is 15.6. The van der Waals surface area contributed by atoms with Gasteiger partial charge in [-0.3, -0.25) is 0 Å². The average molecular weight is 284 g/mol. The highest BCUT2D eigenvalue weighted by molar-refractivity contribution is 5.69. The standard InChI is InChI=1S/C15H28N2O3/c1-15(2,3)20-14(18)17(13-6-7-13)9-8-16-12-5-4-10-19-11-12/h12-13,16H,4-11H2,1-3H3. The van der Waals surface area contributed by atoms with E-state index in [2.05, 4.69) is 5.32 Å². The van der Waals surface area contributed by atoms with Crippen molar-refractivity contribution < 1.29 is 14.3 Å². The Bertz CT molecular complexity index is 318. The van der Waals surface area contributed by atoms with Crippen molar-refractivity contribution in [3.63, 3.8) is 0 Å². The number of nitrogens with one attached hydrogen (secondary N) is 1. The summed E-state index contributed by atoms with van der Waals surface area (Å²) in [6.07, 6.45) is 4.31. The third-order valence-electron chi connectivity index (χ3n) is 3.56. The van der Waals surface area contributed by atoms with E-state index < -0.39 is 5.60 Å². The molecule has 20 heavy (non-hydrogen) atoms. The maximum absolute atomic E-state index is 12.2. The van der Waals surface area contributed by atoms with Crippen molar-refractivity contribution >= 4 is 6.09 Å². The van der Waals surface area contributed by atoms with Gasteiger partial charge in [0, 0.05) is 31.8 Å². The third kappa shape index (κ3) is 5.29. The summed E-state index contributed by atoms with van der Waals surface area (Å²) in [7, 11) is 0. The molecule has 0 bridgehead atoms. The van der Waals surface area contributed by atoms with Gasteiger partial charge in [-0.15, -0.1) is 0 Å². The van der Waals surface area contributed by atoms with Crippen LogP contribution in [0.3, 0.4) is 0 Å².